The third-order valence-electron chi connectivity index (χ3n) is 2.46. The van der Waals surface area contributed by atoms with E-state index in [1.165, 1.54) is 12.1 Å². The van der Waals surface area contributed by atoms with E-state index in [-0.39, 0.29) is 16.5 Å². The van der Waals surface area contributed by atoms with Gasteiger partial charge in [0.1, 0.15) is 0 Å². The SMILES string of the molecule is O=S(=O)(Cl)CCCCCCOc1cccc(Cl)c1F. The molecule has 0 unspecified atom stereocenters. The highest BCUT2D eigenvalue weighted by atomic mass is 35.7. The Kier molecular flexibility index (Phi) is 6.89. The highest BCUT2D eigenvalue weighted by Gasteiger charge is 2.07. The van der Waals surface area contributed by atoms with Gasteiger partial charge in [0, 0.05) is 10.7 Å². The highest BCUT2D eigenvalue weighted by Crippen LogP contribution is 2.24. The Bertz CT molecular complexity index is 506. The molecule has 0 amide bonds. The van der Waals surface area contributed by atoms with Crippen LogP contribution in [0.2, 0.25) is 5.02 Å². The average molecular weight is 329 g/mol. The van der Waals surface area contributed by atoms with Gasteiger partial charge in [0.15, 0.2) is 11.6 Å². The zero-order chi connectivity index (χ0) is 14.3. The summed E-state index contributed by atoms with van der Waals surface area (Å²) in [4.78, 5) is 0. The van der Waals surface area contributed by atoms with E-state index in [4.69, 9.17) is 27.0 Å². The van der Waals surface area contributed by atoms with Gasteiger partial charge >= 0.3 is 0 Å². The molecule has 0 aromatic heterocycles. The maximum Gasteiger partial charge on any atom is 0.232 e. The van der Waals surface area contributed by atoms with Crippen molar-refractivity contribution in [2.24, 2.45) is 0 Å². The first-order chi connectivity index (χ1) is 8.90. The third kappa shape index (κ3) is 6.99. The lowest BCUT2D eigenvalue weighted by Gasteiger charge is -2.07. The fourth-order valence-electron chi connectivity index (χ4n) is 1.51. The van der Waals surface area contributed by atoms with Crippen LogP contribution >= 0.6 is 22.3 Å². The first kappa shape index (κ1) is 16.5. The van der Waals surface area contributed by atoms with E-state index in [2.05, 4.69) is 0 Å². The average Bonchev–Trinajstić information content (AvgIpc) is 2.31. The molecule has 0 N–H and O–H groups in total. The Hall–Kier alpha value is -0.520. The molecule has 0 saturated carbocycles. The van der Waals surface area contributed by atoms with Gasteiger partial charge in [0.2, 0.25) is 9.05 Å². The minimum absolute atomic E-state index is 0.0155. The monoisotopic (exact) mass is 328 g/mol. The van der Waals surface area contributed by atoms with E-state index in [0.717, 1.165) is 12.8 Å². The van der Waals surface area contributed by atoms with Gasteiger partial charge in [-0.2, -0.15) is 0 Å². The van der Waals surface area contributed by atoms with Crippen molar-refractivity contribution in [2.75, 3.05) is 12.4 Å². The van der Waals surface area contributed by atoms with E-state index in [1.54, 1.807) is 6.07 Å². The summed E-state index contributed by atoms with van der Waals surface area (Å²) in [5, 5.41) is 0.0322. The summed E-state index contributed by atoms with van der Waals surface area (Å²) in [6.07, 6.45) is 2.79. The molecule has 0 saturated heterocycles. The summed E-state index contributed by atoms with van der Waals surface area (Å²) >= 11 is 5.61. The lowest BCUT2D eigenvalue weighted by Crippen LogP contribution is -2.01. The fourth-order valence-corrected chi connectivity index (χ4v) is 2.55. The van der Waals surface area contributed by atoms with Crippen molar-refractivity contribution in [3.63, 3.8) is 0 Å². The van der Waals surface area contributed by atoms with Crippen molar-refractivity contribution in [2.45, 2.75) is 25.7 Å². The summed E-state index contributed by atoms with van der Waals surface area (Å²) in [6, 6.07) is 4.59. The zero-order valence-corrected chi connectivity index (χ0v) is 12.6. The van der Waals surface area contributed by atoms with E-state index >= 15 is 0 Å². The van der Waals surface area contributed by atoms with Crippen molar-refractivity contribution in [1.29, 1.82) is 0 Å². The molecule has 0 bridgehead atoms. The fraction of sp³-hybridized carbons (Fsp3) is 0.500. The number of hydrogen-bond donors (Lipinski definition) is 0. The molecule has 0 spiro atoms. The van der Waals surface area contributed by atoms with Crippen LogP contribution in [0.1, 0.15) is 25.7 Å². The molecular weight excluding hydrogens is 314 g/mol. The molecule has 3 nitrogen and oxygen atoms in total. The zero-order valence-electron chi connectivity index (χ0n) is 10.2. The molecule has 0 atom stereocenters. The molecule has 0 aliphatic rings. The lowest BCUT2D eigenvalue weighted by atomic mass is 10.2. The summed E-state index contributed by atoms with van der Waals surface area (Å²) in [5.41, 5.74) is 0. The predicted molar refractivity (Wildman–Crippen MR) is 75.0 cm³/mol. The molecule has 0 aliphatic heterocycles. The maximum absolute atomic E-state index is 13.4. The van der Waals surface area contributed by atoms with Crippen LogP contribution in [0.25, 0.3) is 0 Å². The predicted octanol–water partition coefficient (Wildman–Crippen LogP) is 3.99. The van der Waals surface area contributed by atoms with Gasteiger partial charge in [0.25, 0.3) is 0 Å². The molecule has 7 heteroatoms. The molecule has 0 aliphatic carbocycles. The highest BCUT2D eigenvalue weighted by molar-refractivity contribution is 8.13. The number of ether oxygens (including phenoxy) is 1. The van der Waals surface area contributed by atoms with Crippen LogP contribution in [0.15, 0.2) is 18.2 Å². The van der Waals surface area contributed by atoms with Crippen molar-refractivity contribution in [3.8, 4) is 5.75 Å². The smallest absolute Gasteiger partial charge is 0.232 e. The summed E-state index contributed by atoms with van der Waals surface area (Å²) < 4.78 is 40.0. The van der Waals surface area contributed by atoms with Gasteiger partial charge in [-0.05, 0) is 25.0 Å². The van der Waals surface area contributed by atoms with Gasteiger partial charge in [-0.1, -0.05) is 30.5 Å². The normalized spacial score (nSPS) is 11.5. The summed E-state index contributed by atoms with van der Waals surface area (Å²) in [5.74, 6) is -0.438. The van der Waals surface area contributed by atoms with Crippen molar-refractivity contribution < 1.29 is 17.5 Å². The van der Waals surface area contributed by atoms with E-state index in [9.17, 15) is 12.8 Å². The molecule has 19 heavy (non-hydrogen) atoms. The van der Waals surface area contributed by atoms with Crippen LogP contribution in [0, 0.1) is 5.82 Å². The number of rotatable bonds is 8. The Balaban J connectivity index is 2.16. The van der Waals surface area contributed by atoms with E-state index in [0.29, 0.717) is 19.4 Å². The van der Waals surface area contributed by atoms with Crippen LogP contribution in [0.5, 0.6) is 5.75 Å². The minimum Gasteiger partial charge on any atom is -0.490 e. The van der Waals surface area contributed by atoms with Gasteiger partial charge in [-0.15, -0.1) is 0 Å². The molecule has 1 aromatic carbocycles. The minimum atomic E-state index is -3.39. The number of halogens is 3. The van der Waals surface area contributed by atoms with Gasteiger partial charge < -0.3 is 4.74 Å². The molecule has 0 fully saturated rings. The standard InChI is InChI=1S/C12H15Cl2FO3S/c13-10-6-5-7-11(12(10)15)18-8-3-1-2-4-9-19(14,16)17/h5-7H,1-4,8-9H2. The van der Waals surface area contributed by atoms with Crippen LogP contribution in [-0.2, 0) is 9.05 Å². The molecule has 1 rings (SSSR count). The molecule has 108 valence electrons. The maximum atomic E-state index is 13.4. The quantitative estimate of drug-likeness (QED) is 0.535. The Morgan fingerprint density at radius 3 is 2.53 bits per heavy atom. The summed E-state index contributed by atoms with van der Waals surface area (Å²) in [7, 11) is 1.69. The number of hydrogen-bond acceptors (Lipinski definition) is 3. The Labute approximate surface area is 122 Å². The van der Waals surface area contributed by atoms with Gasteiger partial charge in [-0.25, -0.2) is 12.8 Å². The topological polar surface area (TPSA) is 43.4 Å². The first-order valence-electron chi connectivity index (χ1n) is 5.89. The van der Waals surface area contributed by atoms with Gasteiger partial charge in [0.05, 0.1) is 17.4 Å². The van der Waals surface area contributed by atoms with Crippen molar-refractivity contribution in [3.05, 3.63) is 29.0 Å². The van der Waals surface area contributed by atoms with Crippen molar-refractivity contribution >= 4 is 31.3 Å². The van der Waals surface area contributed by atoms with Crippen LogP contribution in [0.4, 0.5) is 4.39 Å². The first-order valence-corrected chi connectivity index (χ1v) is 8.75. The Morgan fingerprint density at radius 2 is 1.84 bits per heavy atom. The summed E-state index contributed by atoms with van der Waals surface area (Å²) in [6.45, 7) is 0.366. The Morgan fingerprint density at radius 1 is 1.16 bits per heavy atom. The van der Waals surface area contributed by atoms with Crippen LogP contribution in [-0.4, -0.2) is 20.8 Å². The van der Waals surface area contributed by atoms with Crippen LogP contribution in [0.3, 0.4) is 0 Å². The van der Waals surface area contributed by atoms with Crippen LogP contribution < -0.4 is 4.74 Å². The lowest BCUT2D eigenvalue weighted by molar-refractivity contribution is 0.290. The second-order valence-corrected chi connectivity index (χ2v) is 7.36. The third-order valence-corrected chi connectivity index (χ3v) is 3.99. The molecule has 1 aromatic rings. The largest absolute Gasteiger partial charge is 0.490 e. The number of benzene rings is 1. The van der Waals surface area contributed by atoms with E-state index < -0.39 is 14.9 Å². The molecular formula is C12H15Cl2FO3S. The second kappa shape index (κ2) is 7.92. The van der Waals surface area contributed by atoms with E-state index in [1.807, 2.05) is 0 Å². The second-order valence-electron chi connectivity index (χ2n) is 4.06. The number of unbranched alkanes of at least 4 members (excludes halogenated alkanes) is 3. The molecule has 0 heterocycles. The van der Waals surface area contributed by atoms with Gasteiger partial charge in [-0.3, -0.25) is 0 Å². The molecule has 0 radical (unpaired) electrons. The van der Waals surface area contributed by atoms with Crippen molar-refractivity contribution in [1.82, 2.24) is 0 Å².